The summed E-state index contributed by atoms with van der Waals surface area (Å²) in [6, 6.07) is 3.91. The highest BCUT2D eigenvalue weighted by atomic mass is 16.5. The number of morpholine rings is 1. The van der Waals surface area contributed by atoms with Gasteiger partial charge in [0.05, 0.1) is 25.0 Å². The number of rotatable bonds is 2. The van der Waals surface area contributed by atoms with Crippen LogP contribution in [0, 0.1) is 0 Å². The van der Waals surface area contributed by atoms with Crippen LogP contribution < -0.4 is 4.90 Å². The number of pyridine rings is 1. The van der Waals surface area contributed by atoms with Crippen LogP contribution in [-0.2, 0) is 4.74 Å². The van der Waals surface area contributed by atoms with Gasteiger partial charge in [-0.05, 0) is 12.1 Å². The highest BCUT2D eigenvalue weighted by Gasteiger charge is 2.26. The van der Waals surface area contributed by atoms with Gasteiger partial charge in [0, 0.05) is 30.5 Å². The van der Waals surface area contributed by atoms with Crippen molar-refractivity contribution in [3.8, 4) is 0 Å². The van der Waals surface area contributed by atoms with Crippen LogP contribution in [0.3, 0.4) is 0 Å². The molecule has 0 aromatic carbocycles. The van der Waals surface area contributed by atoms with Crippen molar-refractivity contribution >= 4 is 16.9 Å². The molecule has 1 aliphatic heterocycles. The lowest BCUT2D eigenvalue weighted by atomic mass is 10.1. The largest absolute Gasteiger partial charge is 0.368 e. The van der Waals surface area contributed by atoms with E-state index in [9.17, 15) is 0 Å². The maximum atomic E-state index is 5.89. The molecule has 1 fully saturated rings. The molecule has 3 aromatic heterocycles. The summed E-state index contributed by atoms with van der Waals surface area (Å²) in [5, 5.41) is 8.29. The minimum absolute atomic E-state index is 0.0741. The molecule has 21 heavy (non-hydrogen) atoms. The first-order chi connectivity index (χ1) is 10.4. The molecule has 0 aliphatic carbocycles. The maximum Gasteiger partial charge on any atom is 0.181 e. The molecule has 1 atom stereocenters. The van der Waals surface area contributed by atoms with E-state index in [2.05, 4.69) is 30.0 Å². The van der Waals surface area contributed by atoms with Gasteiger partial charge in [0.25, 0.3) is 0 Å². The van der Waals surface area contributed by atoms with Gasteiger partial charge in [-0.1, -0.05) is 0 Å². The van der Waals surface area contributed by atoms with Gasteiger partial charge in [-0.2, -0.15) is 5.10 Å². The third-order valence-corrected chi connectivity index (χ3v) is 3.62. The molecule has 7 nitrogen and oxygen atoms in total. The molecule has 7 heteroatoms. The third kappa shape index (κ3) is 2.21. The monoisotopic (exact) mass is 282 g/mol. The van der Waals surface area contributed by atoms with Gasteiger partial charge in [-0.15, -0.1) is 0 Å². The lowest BCUT2D eigenvalue weighted by molar-refractivity contribution is 0.0376. The van der Waals surface area contributed by atoms with E-state index in [-0.39, 0.29) is 6.10 Å². The summed E-state index contributed by atoms with van der Waals surface area (Å²) in [5.41, 5.74) is 1.68. The number of aromatic amines is 1. The van der Waals surface area contributed by atoms with Gasteiger partial charge in [-0.3, -0.25) is 10.1 Å². The average molecular weight is 282 g/mol. The summed E-state index contributed by atoms with van der Waals surface area (Å²) in [6.07, 6.45) is 6.82. The van der Waals surface area contributed by atoms with Crippen LogP contribution in [0.2, 0.25) is 0 Å². The smallest absolute Gasteiger partial charge is 0.181 e. The Bertz CT molecular complexity index is 743. The first-order valence-corrected chi connectivity index (χ1v) is 6.83. The molecule has 1 aliphatic rings. The molecule has 0 radical (unpaired) electrons. The summed E-state index contributed by atoms with van der Waals surface area (Å²) in [6.45, 7) is 2.16. The topological polar surface area (TPSA) is 79.8 Å². The standard InChI is InChI=1S/C14H14N6O/c1-2-10-13(18-19-14(10)17-3-1)11-9-20(6-7-21-11)12-8-15-4-5-16-12/h1-5,8,11H,6-7,9H2,(H,17,18,19)/t11-/m1/s1. The number of aromatic nitrogens is 5. The van der Waals surface area contributed by atoms with Crippen molar-refractivity contribution in [3.05, 3.63) is 42.6 Å². The molecule has 3 aromatic rings. The van der Waals surface area contributed by atoms with Crippen LogP contribution in [0.5, 0.6) is 0 Å². The zero-order valence-electron chi connectivity index (χ0n) is 11.3. The lowest BCUT2D eigenvalue weighted by Crippen LogP contribution is -2.39. The Balaban J connectivity index is 1.64. The van der Waals surface area contributed by atoms with Gasteiger partial charge in [0.15, 0.2) is 5.65 Å². The highest BCUT2D eigenvalue weighted by molar-refractivity contribution is 5.77. The second-order valence-electron chi connectivity index (χ2n) is 4.88. The molecular formula is C14H14N6O. The minimum Gasteiger partial charge on any atom is -0.368 e. The van der Waals surface area contributed by atoms with E-state index >= 15 is 0 Å². The van der Waals surface area contributed by atoms with Crippen molar-refractivity contribution < 1.29 is 4.74 Å². The highest BCUT2D eigenvalue weighted by Crippen LogP contribution is 2.27. The number of anilines is 1. The van der Waals surface area contributed by atoms with E-state index in [0.29, 0.717) is 18.8 Å². The number of nitrogens with one attached hydrogen (secondary N) is 1. The van der Waals surface area contributed by atoms with Crippen molar-refractivity contribution in [1.29, 1.82) is 0 Å². The first-order valence-electron chi connectivity index (χ1n) is 6.83. The Morgan fingerprint density at radius 1 is 1.24 bits per heavy atom. The zero-order chi connectivity index (χ0) is 14.1. The van der Waals surface area contributed by atoms with Crippen LogP contribution in [0.15, 0.2) is 36.9 Å². The van der Waals surface area contributed by atoms with Gasteiger partial charge in [-0.25, -0.2) is 9.97 Å². The predicted molar refractivity (Wildman–Crippen MR) is 76.8 cm³/mol. The molecule has 0 saturated carbocycles. The van der Waals surface area contributed by atoms with Crippen molar-refractivity contribution in [1.82, 2.24) is 25.1 Å². The second kappa shape index (κ2) is 5.10. The van der Waals surface area contributed by atoms with Crippen LogP contribution in [0.4, 0.5) is 5.82 Å². The molecule has 4 rings (SSSR count). The molecular weight excluding hydrogens is 268 g/mol. The number of hydrogen-bond acceptors (Lipinski definition) is 6. The molecule has 4 heterocycles. The quantitative estimate of drug-likeness (QED) is 0.763. The molecule has 1 saturated heterocycles. The van der Waals surface area contributed by atoms with Gasteiger partial charge < -0.3 is 9.64 Å². The number of hydrogen-bond donors (Lipinski definition) is 1. The summed E-state index contributed by atoms with van der Waals surface area (Å²) < 4.78 is 5.89. The van der Waals surface area contributed by atoms with E-state index in [1.54, 1.807) is 24.8 Å². The summed E-state index contributed by atoms with van der Waals surface area (Å²) >= 11 is 0. The number of fused-ring (bicyclic) bond motifs is 1. The molecule has 0 bridgehead atoms. The molecule has 1 N–H and O–H groups in total. The van der Waals surface area contributed by atoms with Crippen LogP contribution >= 0.6 is 0 Å². The molecule has 0 unspecified atom stereocenters. The van der Waals surface area contributed by atoms with Crippen molar-refractivity contribution in [2.75, 3.05) is 24.6 Å². The lowest BCUT2D eigenvalue weighted by Gasteiger charge is -2.33. The van der Waals surface area contributed by atoms with E-state index in [1.165, 1.54) is 0 Å². The van der Waals surface area contributed by atoms with E-state index < -0.39 is 0 Å². The Hall–Kier alpha value is -2.54. The molecule has 0 spiro atoms. The minimum atomic E-state index is -0.0741. The van der Waals surface area contributed by atoms with Crippen molar-refractivity contribution in [2.24, 2.45) is 0 Å². The Labute approximate surface area is 121 Å². The Morgan fingerprint density at radius 2 is 2.24 bits per heavy atom. The maximum absolute atomic E-state index is 5.89. The summed E-state index contributed by atoms with van der Waals surface area (Å²) in [7, 11) is 0. The van der Waals surface area contributed by atoms with Crippen molar-refractivity contribution in [3.63, 3.8) is 0 Å². The summed E-state index contributed by atoms with van der Waals surface area (Å²) in [5.74, 6) is 0.868. The van der Waals surface area contributed by atoms with Gasteiger partial charge >= 0.3 is 0 Å². The Kier molecular flexibility index (Phi) is 2.97. The van der Waals surface area contributed by atoms with Crippen LogP contribution in [0.25, 0.3) is 11.0 Å². The van der Waals surface area contributed by atoms with Crippen LogP contribution in [-0.4, -0.2) is 44.8 Å². The SMILES string of the molecule is c1cnc2n[nH]c([C@H]3CN(c4cnccn4)CCO3)c2c1. The second-order valence-corrected chi connectivity index (χ2v) is 4.88. The average Bonchev–Trinajstić information content (AvgIpc) is 3.00. The van der Waals surface area contributed by atoms with Crippen molar-refractivity contribution in [2.45, 2.75) is 6.10 Å². The van der Waals surface area contributed by atoms with E-state index in [1.807, 2.05) is 12.1 Å². The van der Waals surface area contributed by atoms with E-state index in [4.69, 9.17) is 4.74 Å². The number of nitrogens with zero attached hydrogens (tertiary/aromatic N) is 5. The normalized spacial score (nSPS) is 19.0. The zero-order valence-corrected chi connectivity index (χ0v) is 11.3. The fraction of sp³-hybridized carbons (Fsp3) is 0.286. The van der Waals surface area contributed by atoms with Crippen LogP contribution in [0.1, 0.15) is 11.8 Å². The fourth-order valence-electron chi connectivity index (χ4n) is 2.60. The number of ether oxygens (including phenoxy) is 1. The van der Waals surface area contributed by atoms with Gasteiger partial charge in [0.2, 0.25) is 0 Å². The molecule has 0 amide bonds. The number of H-pyrrole nitrogens is 1. The predicted octanol–water partition coefficient (Wildman–Crippen LogP) is 1.33. The summed E-state index contributed by atoms with van der Waals surface area (Å²) in [4.78, 5) is 14.9. The Morgan fingerprint density at radius 3 is 3.14 bits per heavy atom. The van der Waals surface area contributed by atoms with Gasteiger partial charge in [0.1, 0.15) is 11.9 Å². The van der Waals surface area contributed by atoms with E-state index in [0.717, 1.165) is 23.4 Å². The fourth-order valence-corrected chi connectivity index (χ4v) is 2.60. The first kappa shape index (κ1) is 12.2. The third-order valence-electron chi connectivity index (χ3n) is 3.62. The molecule has 106 valence electrons.